The van der Waals surface area contributed by atoms with Crippen molar-refractivity contribution in [1.82, 2.24) is 10.2 Å². The van der Waals surface area contributed by atoms with E-state index in [9.17, 15) is 9.59 Å². The summed E-state index contributed by atoms with van der Waals surface area (Å²) in [6, 6.07) is 7.26. The number of carboxylic acid groups (broad SMARTS) is 1. The third-order valence-electron chi connectivity index (χ3n) is 4.39. The minimum absolute atomic E-state index is 0.0566. The zero-order chi connectivity index (χ0) is 16.8. The molecule has 1 fully saturated rings. The highest BCUT2D eigenvalue weighted by atomic mass is 35.5. The van der Waals surface area contributed by atoms with E-state index in [0.29, 0.717) is 10.9 Å². The summed E-state index contributed by atoms with van der Waals surface area (Å²) < 4.78 is 0. The third-order valence-corrected chi connectivity index (χ3v) is 4.64. The Bertz CT molecular complexity index is 541. The van der Waals surface area contributed by atoms with Crippen molar-refractivity contribution < 1.29 is 14.7 Å². The highest BCUT2D eigenvalue weighted by molar-refractivity contribution is 6.30. The predicted molar refractivity (Wildman–Crippen MR) is 89.6 cm³/mol. The average Bonchev–Trinajstić information content (AvgIpc) is 3.05. The van der Waals surface area contributed by atoms with Gasteiger partial charge >= 0.3 is 12.0 Å². The Morgan fingerprint density at radius 1 is 1.30 bits per heavy atom. The van der Waals surface area contributed by atoms with Crippen molar-refractivity contribution in [3.05, 3.63) is 34.9 Å². The number of nitrogens with zero attached hydrogens (tertiary/aromatic N) is 1. The number of carbonyl (C=O) groups excluding carboxylic acids is 1. The largest absolute Gasteiger partial charge is 0.481 e. The first-order valence-electron chi connectivity index (χ1n) is 7.96. The van der Waals surface area contributed by atoms with Crippen molar-refractivity contribution in [2.24, 2.45) is 5.92 Å². The van der Waals surface area contributed by atoms with E-state index in [0.717, 1.165) is 18.4 Å². The van der Waals surface area contributed by atoms with E-state index in [1.807, 2.05) is 24.3 Å². The summed E-state index contributed by atoms with van der Waals surface area (Å²) in [6.45, 7) is 0.194. The Morgan fingerprint density at radius 2 is 1.91 bits per heavy atom. The maximum absolute atomic E-state index is 12.4. The van der Waals surface area contributed by atoms with E-state index in [1.54, 1.807) is 7.05 Å². The molecule has 2 N–H and O–H groups in total. The van der Waals surface area contributed by atoms with Gasteiger partial charge in [0.25, 0.3) is 0 Å². The monoisotopic (exact) mass is 338 g/mol. The number of aliphatic carboxylic acids is 1. The number of rotatable bonds is 6. The number of benzene rings is 1. The molecule has 1 aromatic carbocycles. The van der Waals surface area contributed by atoms with Crippen LogP contribution < -0.4 is 5.32 Å². The number of urea groups is 1. The van der Waals surface area contributed by atoms with Gasteiger partial charge in [-0.3, -0.25) is 4.79 Å². The summed E-state index contributed by atoms with van der Waals surface area (Å²) in [5.41, 5.74) is 1.04. The number of hydrogen-bond acceptors (Lipinski definition) is 2. The van der Waals surface area contributed by atoms with E-state index in [1.165, 1.54) is 17.7 Å². The highest BCUT2D eigenvalue weighted by Crippen LogP contribution is 2.36. The summed E-state index contributed by atoms with van der Waals surface area (Å²) in [7, 11) is 1.62. The molecule has 1 saturated carbocycles. The van der Waals surface area contributed by atoms with Crippen molar-refractivity contribution in [1.29, 1.82) is 0 Å². The molecule has 6 heteroatoms. The Hall–Kier alpha value is -1.75. The van der Waals surface area contributed by atoms with Crippen LogP contribution in [0.25, 0.3) is 0 Å². The maximum atomic E-state index is 12.4. The number of nitrogens with one attached hydrogen (secondary N) is 1. The zero-order valence-electron chi connectivity index (χ0n) is 13.3. The molecule has 1 atom stereocenters. The summed E-state index contributed by atoms with van der Waals surface area (Å²) in [5, 5.41) is 12.5. The summed E-state index contributed by atoms with van der Waals surface area (Å²) >= 11 is 5.95. The van der Waals surface area contributed by atoms with Crippen LogP contribution in [0.1, 0.15) is 43.7 Å². The molecule has 5 nitrogen and oxygen atoms in total. The zero-order valence-corrected chi connectivity index (χ0v) is 14.1. The summed E-state index contributed by atoms with van der Waals surface area (Å²) in [4.78, 5) is 24.4. The van der Waals surface area contributed by atoms with Crippen LogP contribution in [0.4, 0.5) is 4.79 Å². The maximum Gasteiger partial charge on any atom is 0.317 e. The second-order valence-corrected chi connectivity index (χ2v) is 6.52. The SMILES string of the molecule is CN(CCC(=O)O)C(=O)NC(c1ccc(Cl)cc1)C1CCCC1. The topological polar surface area (TPSA) is 69.6 Å². The molecule has 1 aliphatic rings. The Balaban J connectivity index is 2.06. The van der Waals surface area contributed by atoms with Gasteiger partial charge in [0.05, 0.1) is 12.5 Å². The van der Waals surface area contributed by atoms with Gasteiger partial charge < -0.3 is 15.3 Å². The van der Waals surface area contributed by atoms with Crippen molar-refractivity contribution >= 4 is 23.6 Å². The number of carbonyl (C=O) groups is 2. The van der Waals surface area contributed by atoms with Crippen molar-refractivity contribution in [2.75, 3.05) is 13.6 Å². The lowest BCUT2D eigenvalue weighted by molar-refractivity contribution is -0.137. The van der Waals surface area contributed by atoms with Gasteiger partial charge in [0, 0.05) is 18.6 Å². The smallest absolute Gasteiger partial charge is 0.317 e. The molecular formula is C17H23ClN2O3. The molecule has 0 aliphatic heterocycles. The van der Waals surface area contributed by atoms with Crippen LogP contribution in [0.5, 0.6) is 0 Å². The van der Waals surface area contributed by atoms with Crippen molar-refractivity contribution in [3.8, 4) is 0 Å². The molecular weight excluding hydrogens is 316 g/mol. The molecule has 0 spiro atoms. The molecule has 0 heterocycles. The fraction of sp³-hybridized carbons (Fsp3) is 0.529. The van der Waals surface area contributed by atoms with Crippen LogP contribution in [0.2, 0.25) is 5.02 Å². The van der Waals surface area contributed by atoms with Crippen LogP contribution in [0.3, 0.4) is 0 Å². The van der Waals surface area contributed by atoms with Crippen molar-refractivity contribution in [3.63, 3.8) is 0 Å². The van der Waals surface area contributed by atoms with Crippen LogP contribution in [-0.4, -0.2) is 35.6 Å². The Labute approximate surface area is 141 Å². The molecule has 126 valence electrons. The summed E-state index contributed by atoms with van der Waals surface area (Å²) in [5.74, 6) is -0.498. The molecule has 0 aromatic heterocycles. The molecule has 2 rings (SSSR count). The van der Waals surface area contributed by atoms with Gasteiger partial charge in [-0.1, -0.05) is 36.6 Å². The molecule has 0 bridgehead atoms. The van der Waals surface area contributed by atoms with Crippen LogP contribution in [0.15, 0.2) is 24.3 Å². The lowest BCUT2D eigenvalue weighted by atomic mass is 9.92. The van der Waals surface area contributed by atoms with Crippen LogP contribution in [0, 0.1) is 5.92 Å². The fourth-order valence-electron chi connectivity index (χ4n) is 3.04. The molecule has 1 aromatic rings. The molecule has 23 heavy (non-hydrogen) atoms. The molecule has 1 aliphatic carbocycles. The number of carboxylic acids is 1. The van der Waals surface area contributed by atoms with Gasteiger partial charge in [0.2, 0.25) is 0 Å². The van der Waals surface area contributed by atoms with E-state index >= 15 is 0 Å². The second-order valence-electron chi connectivity index (χ2n) is 6.09. The second kappa shape index (κ2) is 8.20. The van der Waals surface area contributed by atoms with E-state index < -0.39 is 5.97 Å². The Kier molecular flexibility index (Phi) is 6.28. The third kappa shape index (κ3) is 5.13. The molecule has 1 unspecified atom stereocenters. The van der Waals surface area contributed by atoms with Gasteiger partial charge in [-0.15, -0.1) is 0 Å². The van der Waals surface area contributed by atoms with E-state index in [-0.39, 0.29) is 25.0 Å². The summed E-state index contributed by atoms with van der Waals surface area (Å²) in [6.07, 6.45) is 4.48. The number of hydrogen-bond donors (Lipinski definition) is 2. The minimum Gasteiger partial charge on any atom is -0.481 e. The number of amides is 2. The standard InChI is InChI=1S/C17H23ClN2O3/c1-20(11-10-15(21)22)17(23)19-16(12-4-2-3-5-12)13-6-8-14(18)9-7-13/h6-9,12,16H,2-5,10-11H2,1H3,(H,19,23)(H,21,22). The number of halogens is 1. The molecule has 0 saturated heterocycles. The molecule has 0 radical (unpaired) electrons. The quantitative estimate of drug-likeness (QED) is 0.831. The van der Waals surface area contributed by atoms with Gasteiger partial charge in [-0.05, 0) is 36.5 Å². The van der Waals surface area contributed by atoms with E-state index in [2.05, 4.69) is 5.32 Å². The highest BCUT2D eigenvalue weighted by Gasteiger charge is 2.28. The normalized spacial score (nSPS) is 16.1. The predicted octanol–water partition coefficient (Wildman–Crippen LogP) is 3.69. The minimum atomic E-state index is -0.908. The first-order chi connectivity index (χ1) is 11.0. The Morgan fingerprint density at radius 3 is 2.48 bits per heavy atom. The first kappa shape index (κ1) is 17.6. The molecule has 2 amide bonds. The van der Waals surface area contributed by atoms with Crippen LogP contribution >= 0.6 is 11.6 Å². The van der Waals surface area contributed by atoms with E-state index in [4.69, 9.17) is 16.7 Å². The van der Waals surface area contributed by atoms with Gasteiger partial charge in [-0.25, -0.2) is 4.79 Å². The van der Waals surface area contributed by atoms with Gasteiger partial charge in [0.1, 0.15) is 0 Å². The lowest BCUT2D eigenvalue weighted by Gasteiger charge is -2.28. The van der Waals surface area contributed by atoms with Crippen molar-refractivity contribution in [2.45, 2.75) is 38.1 Å². The first-order valence-corrected chi connectivity index (χ1v) is 8.34. The van der Waals surface area contributed by atoms with Gasteiger partial charge in [0.15, 0.2) is 0 Å². The van der Waals surface area contributed by atoms with Crippen LogP contribution in [-0.2, 0) is 4.79 Å². The lowest BCUT2D eigenvalue weighted by Crippen LogP contribution is -2.42. The average molecular weight is 339 g/mol. The fourth-order valence-corrected chi connectivity index (χ4v) is 3.17. The van der Waals surface area contributed by atoms with Gasteiger partial charge in [-0.2, -0.15) is 0 Å².